The van der Waals surface area contributed by atoms with Crippen molar-refractivity contribution in [2.24, 2.45) is 5.92 Å². The molecule has 2 saturated heterocycles. The molecule has 0 spiro atoms. The summed E-state index contributed by atoms with van der Waals surface area (Å²) in [5.41, 5.74) is 0. The summed E-state index contributed by atoms with van der Waals surface area (Å²) in [4.78, 5) is 14.6. The van der Waals surface area contributed by atoms with E-state index in [2.05, 4.69) is 17.1 Å². The second-order valence-electron chi connectivity index (χ2n) is 4.74. The van der Waals surface area contributed by atoms with Crippen molar-refractivity contribution in [2.75, 3.05) is 31.1 Å². The molecule has 0 bridgehead atoms. The van der Waals surface area contributed by atoms with Crippen LogP contribution in [0.5, 0.6) is 0 Å². The van der Waals surface area contributed by atoms with Crippen LogP contribution < -0.4 is 5.32 Å². The second kappa shape index (κ2) is 5.92. The van der Waals surface area contributed by atoms with Crippen molar-refractivity contribution in [3.05, 3.63) is 0 Å². The Bertz CT molecular complexity index is 235. The number of hydrogen-bond donors (Lipinski definition) is 1. The fourth-order valence-corrected chi connectivity index (χ4v) is 3.79. The number of hydrogen-bond acceptors (Lipinski definition) is 3. The molecule has 2 aliphatic heterocycles. The van der Waals surface area contributed by atoms with Crippen molar-refractivity contribution >= 4 is 17.7 Å². The Balaban J connectivity index is 1.96. The summed E-state index contributed by atoms with van der Waals surface area (Å²) < 4.78 is 0. The van der Waals surface area contributed by atoms with Gasteiger partial charge in [0.25, 0.3) is 0 Å². The number of rotatable bonds is 4. The van der Waals surface area contributed by atoms with E-state index in [0.717, 1.165) is 44.6 Å². The van der Waals surface area contributed by atoms with Crippen LogP contribution in [0.15, 0.2) is 0 Å². The molecule has 3 nitrogen and oxygen atoms in total. The SMILES string of the molecule is CCCN(C(=O)C1CCSC1)C1CCNC1. The summed E-state index contributed by atoms with van der Waals surface area (Å²) in [6.45, 7) is 5.15. The predicted molar refractivity (Wildman–Crippen MR) is 68.7 cm³/mol. The maximum absolute atomic E-state index is 12.4. The van der Waals surface area contributed by atoms with Gasteiger partial charge in [-0.2, -0.15) is 11.8 Å². The van der Waals surface area contributed by atoms with Gasteiger partial charge < -0.3 is 10.2 Å². The highest BCUT2D eigenvalue weighted by Gasteiger charge is 2.32. The zero-order valence-electron chi connectivity index (χ0n) is 10.1. The minimum atomic E-state index is 0.303. The van der Waals surface area contributed by atoms with Gasteiger partial charge in [-0.3, -0.25) is 4.79 Å². The van der Waals surface area contributed by atoms with Crippen LogP contribution in [0, 0.1) is 5.92 Å². The first kappa shape index (κ1) is 12.2. The molecular weight excluding hydrogens is 220 g/mol. The molecule has 2 unspecified atom stereocenters. The van der Waals surface area contributed by atoms with Crippen LogP contribution in [-0.2, 0) is 4.79 Å². The van der Waals surface area contributed by atoms with Gasteiger partial charge >= 0.3 is 0 Å². The third-order valence-electron chi connectivity index (χ3n) is 3.50. The molecular formula is C12H22N2OS. The van der Waals surface area contributed by atoms with Crippen LogP contribution in [0.2, 0.25) is 0 Å². The molecule has 2 rings (SSSR count). The Morgan fingerprint density at radius 3 is 2.94 bits per heavy atom. The Morgan fingerprint density at radius 2 is 2.38 bits per heavy atom. The van der Waals surface area contributed by atoms with E-state index in [1.165, 1.54) is 5.75 Å². The van der Waals surface area contributed by atoms with Gasteiger partial charge in [0.05, 0.1) is 0 Å². The molecule has 2 fully saturated rings. The van der Waals surface area contributed by atoms with Gasteiger partial charge in [0.15, 0.2) is 0 Å². The van der Waals surface area contributed by atoms with Crippen molar-refractivity contribution in [1.29, 1.82) is 0 Å². The molecule has 2 aliphatic rings. The first-order valence-corrected chi connectivity index (χ1v) is 7.57. The molecule has 2 atom stereocenters. The van der Waals surface area contributed by atoms with Crippen molar-refractivity contribution < 1.29 is 4.79 Å². The van der Waals surface area contributed by atoms with Gasteiger partial charge in [-0.25, -0.2) is 0 Å². The lowest BCUT2D eigenvalue weighted by atomic mass is 10.1. The minimum absolute atomic E-state index is 0.303. The van der Waals surface area contributed by atoms with Gasteiger partial charge in [-0.05, 0) is 31.6 Å². The van der Waals surface area contributed by atoms with E-state index < -0.39 is 0 Å². The quantitative estimate of drug-likeness (QED) is 0.807. The highest BCUT2D eigenvalue weighted by Crippen LogP contribution is 2.26. The number of amides is 1. The van der Waals surface area contributed by atoms with E-state index in [-0.39, 0.29) is 0 Å². The van der Waals surface area contributed by atoms with Crippen LogP contribution >= 0.6 is 11.8 Å². The lowest BCUT2D eigenvalue weighted by Crippen LogP contribution is -2.45. The Kier molecular flexibility index (Phi) is 4.53. The van der Waals surface area contributed by atoms with Crippen LogP contribution in [0.25, 0.3) is 0 Å². The number of carbonyl (C=O) groups is 1. The van der Waals surface area contributed by atoms with Gasteiger partial charge in [0.2, 0.25) is 5.91 Å². The zero-order valence-corrected chi connectivity index (χ0v) is 10.9. The maximum atomic E-state index is 12.4. The fourth-order valence-electron chi connectivity index (χ4n) is 2.58. The second-order valence-corrected chi connectivity index (χ2v) is 5.89. The van der Waals surface area contributed by atoms with Crippen molar-refractivity contribution in [3.63, 3.8) is 0 Å². The maximum Gasteiger partial charge on any atom is 0.226 e. The van der Waals surface area contributed by atoms with Gasteiger partial charge in [-0.1, -0.05) is 6.92 Å². The van der Waals surface area contributed by atoms with E-state index in [0.29, 0.717) is 17.9 Å². The van der Waals surface area contributed by atoms with Gasteiger partial charge in [0, 0.05) is 30.8 Å². The van der Waals surface area contributed by atoms with Crippen LogP contribution in [0.3, 0.4) is 0 Å². The Labute approximate surface area is 102 Å². The monoisotopic (exact) mass is 242 g/mol. The summed E-state index contributed by atoms with van der Waals surface area (Å²) in [5, 5.41) is 3.36. The molecule has 16 heavy (non-hydrogen) atoms. The largest absolute Gasteiger partial charge is 0.338 e. The average Bonchev–Trinajstić information content (AvgIpc) is 2.96. The number of carbonyl (C=O) groups excluding carboxylic acids is 1. The molecule has 0 aromatic heterocycles. The van der Waals surface area contributed by atoms with E-state index in [1.807, 2.05) is 11.8 Å². The topological polar surface area (TPSA) is 32.3 Å². The minimum Gasteiger partial charge on any atom is -0.338 e. The van der Waals surface area contributed by atoms with E-state index >= 15 is 0 Å². The fraction of sp³-hybridized carbons (Fsp3) is 0.917. The third-order valence-corrected chi connectivity index (χ3v) is 4.66. The summed E-state index contributed by atoms with van der Waals surface area (Å²) >= 11 is 1.93. The Hall–Kier alpha value is -0.220. The molecule has 2 heterocycles. The average molecular weight is 242 g/mol. The van der Waals surface area contributed by atoms with E-state index in [4.69, 9.17) is 0 Å². The molecule has 0 aromatic carbocycles. The smallest absolute Gasteiger partial charge is 0.226 e. The van der Waals surface area contributed by atoms with Crippen LogP contribution in [0.1, 0.15) is 26.2 Å². The first-order chi connectivity index (χ1) is 7.83. The van der Waals surface area contributed by atoms with E-state index in [9.17, 15) is 4.79 Å². The van der Waals surface area contributed by atoms with Crippen LogP contribution in [-0.4, -0.2) is 48.0 Å². The highest BCUT2D eigenvalue weighted by atomic mass is 32.2. The van der Waals surface area contributed by atoms with Gasteiger partial charge in [-0.15, -0.1) is 0 Å². The summed E-state index contributed by atoms with van der Waals surface area (Å²) in [6.07, 6.45) is 3.29. The van der Waals surface area contributed by atoms with Crippen molar-refractivity contribution in [3.8, 4) is 0 Å². The standard InChI is InChI=1S/C12H22N2OS/c1-2-6-14(11-3-5-13-8-11)12(15)10-4-7-16-9-10/h10-11,13H,2-9H2,1H3. The van der Waals surface area contributed by atoms with E-state index in [1.54, 1.807) is 0 Å². The zero-order chi connectivity index (χ0) is 11.4. The van der Waals surface area contributed by atoms with Crippen LogP contribution in [0.4, 0.5) is 0 Å². The molecule has 0 radical (unpaired) electrons. The molecule has 0 aromatic rings. The molecule has 92 valence electrons. The molecule has 4 heteroatoms. The number of nitrogens with zero attached hydrogens (tertiary/aromatic N) is 1. The predicted octanol–water partition coefficient (Wildman–Crippen LogP) is 1.34. The number of nitrogens with one attached hydrogen (secondary N) is 1. The molecule has 1 amide bonds. The van der Waals surface area contributed by atoms with Gasteiger partial charge in [0.1, 0.15) is 0 Å². The lowest BCUT2D eigenvalue weighted by Gasteiger charge is -2.30. The normalized spacial score (nSPS) is 29.6. The third kappa shape index (κ3) is 2.72. The summed E-state index contributed by atoms with van der Waals surface area (Å²) in [6, 6.07) is 0.457. The molecule has 0 saturated carbocycles. The Morgan fingerprint density at radius 1 is 1.50 bits per heavy atom. The summed E-state index contributed by atoms with van der Waals surface area (Å²) in [5.74, 6) is 2.93. The molecule has 1 N–H and O–H groups in total. The summed E-state index contributed by atoms with van der Waals surface area (Å²) in [7, 11) is 0. The van der Waals surface area contributed by atoms with Crippen molar-refractivity contribution in [1.82, 2.24) is 10.2 Å². The number of thioether (sulfide) groups is 1. The first-order valence-electron chi connectivity index (χ1n) is 6.42. The molecule has 0 aliphatic carbocycles. The highest BCUT2D eigenvalue weighted by molar-refractivity contribution is 7.99. The lowest BCUT2D eigenvalue weighted by molar-refractivity contribution is -0.136. The van der Waals surface area contributed by atoms with Crippen molar-refractivity contribution in [2.45, 2.75) is 32.2 Å².